The first-order valence-corrected chi connectivity index (χ1v) is 41.6. The summed E-state index contributed by atoms with van der Waals surface area (Å²) in [6, 6.07) is 0. The maximum Gasteiger partial charge on any atom is 0.472 e. The topological polar surface area (TPSA) is 237 Å². The molecule has 0 heterocycles. The molecule has 552 valence electrons. The fraction of sp³-hybridized carbons (Fsp3) is 0.946. The van der Waals surface area contributed by atoms with Crippen molar-refractivity contribution in [1.29, 1.82) is 0 Å². The molecule has 93 heavy (non-hydrogen) atoms. The second kappa shape index (κ2) is 67.3. The minimum Gasteiger partial charge on any atom is -0.462 e. The molecule has 0 saturated heterocycles. The minimum absolute atomic E-state index is 0.106. The summed E-state index contributed by atoms with van der Waals surface area (Å²) in [4.78, 5) is 72.6. The predicted octanol–water partition coefficient (Wildman–Crippen LogP) is 21.7. The second-order valence-corrected chi connectivity index (χ2v) is 30.1. The van der Waals surface area contributed by atoms with Gasteiger partial charge in [0, 0.05) is 25.7 Å². The van der Waals surface area contributed by atoms with Crippen molar-refractivity contribution < 1.29 is 80.2 Å². The minimum atomic E-state index is -4.95. The van der Waals surface area contributed by atoms with Crippen LogP contribution in [0.2, 0.25) is 0 Å². The van der Waals surface area contributed by atoms with Crippen LogP contribution < -0.4 is 0 Å². The summed E-state index contributed by atoms with van der Waals surface area (Å²) in [5, 5.41) is 10.6. The quantitative estimate of drug-likeness (QED) is 0.0222. The van der Waals surface area contributed by atoms with Crippen LogP contribution in [0, 0.1) is 5.92 Å². The van der Waals surface area contributed by atoms with Crippen LogP contribution in [0.25, 0.3) is 0 Å². The lowest BCUT2D eigenvalue weighted by atomic mass is 10.0. The lowest BCUT2D eigenvalue weighted by molar-refractivity contribution is -0.161. The third kappa shape index (κ3) is 68.4. The number of aliphatic hydroxyl groups is 1. The smallest absolute Gasteiger partial charge is 0.462 e. The zero-order valence-corrected chi connectivity index (χ0v) is 62.2. The van der Waals surface area contributed by atoms with Crippen LogP contribution in [0.5, 0.6) is 0 Å². The number of aliphatic hydroxyl groups excluding tert-OH is 1. The fourth-order valence-electron chi connectivity index (χ4n) is 11.4. The lowest BCUT2D eigenvalue weighted by Crippen LogP contribution is -2.30. The van der Waals surface area contributed by atoms with Gasteiger partial charge in [-0.25, -0.2) is 9.13 Å². The van der Waals surface area contributed by atoms with Crippen LogP contribution in [-0.4, -0.2) is 96.7 Å². The summed E-state index contributed by atoms with van der Waals surface area (Å²) < 4.78 is 68.4. The maximum atomic E-state index is 13.1. The summed E-state index contributed by atoms with van der Waals surface area (Å²) in [5.41, 5.74) is 0. The highest BCUT2D eigenvalue weighted by atomic mass is 31.2. The van der Waals surface area contributed by atoms with Gasteiger partial charge in [-0.3, -0.25) is 37.3 Å². The molecule has 0 bridgehead atoms. The van der Waals surface area contributed by atoms with E-state index in [0.29, 0.717) is 31.6 Å². The van der Waals surface area contributed by atoms with E-state index in [4.69, 9.17) is 37.0 Å². The van der Waals surface area contributed by atoms with Crippen molar-refractivity contribution in [3.63, 3.8) is 0 Å². The molecule has 5 atom stereocenters. The molecule has 2 unspecified atom stereocenters. The zero-order valence-electron chi connectivity index (χ0n) is 60.4. The van der Waals surface area contributed by atoms with Crippen LogP contribution in [-0.2, 0) is 65.4 Å². The van der Waals surface area contributed by atoms with Crippen molar-refractivity contribution in [1.82, 2.24) is 0 Å². The molecule has 0 fully saturated rings. The Morgan fingerprint density at radius 1 is 0.290 bits per heavy atom. The van der Waals surface area contributed by atoms with Gasteiger partial charge >= 0.3 is 39.5 Å². The van der Waals surface area contributed by atoms with E-state index >= 15 is 0 Å². The first-order valence-electron chi connectivity index (χ1n) is 38.6. The van der Waals surface area contributed by atoms with E-state index in [1.807, 2.05) is 0 Å². The van der Waals surface area contributed by atoms with Crippen molar-refractivity contribution in [2.75, 3.05) is 39.6 Å². The fourth-order valence-corrected chi connectivity index (χ4v) is 12.9. The van der Waals surface area contributed by atoms with Crippen LogP contribution in [0.3, 0.4) is 0 Å². The van der Waals surface area contributed by atoms with Gasteiger partial charge in [0.2, 0.25) is 0 Å². The number of hydrogen-bond donors (Lipinski definition) is 3. The van der Waals surface area contributed by atoms with Gasteiger partial charge in [-0.2, -0.15) is 0 Å². The number of phosphoric acid groups is 2. The number of esters is 4. The molecule has 3 N–H and O–H groups in total. The van der Waals surface area contributed by atoms with Gasteiger partial charge in [0.25, 0.3) is 0 Å². The van der Waals surface area contributed by atoms with Crippen LogP contribution in [0.1, 0.15) is 388 Å². The molecule has 0 amide bonds. The normalized spacial score (nSPS) is 14.0. The molecule has 0 aliphatic heterocycles. The molecule has 0 rings (SSSR count). The number of carbonyl (C=O) groups excluding carboxylic acids is 4. The molecule has 19 heteroatoms. The highest BCUT2D eigenvalue weighted by Gasteiger charge is 2.30. The molecule has 0 aliphatic rings. The second-order valence-electron chi connectivity index (χ2n) is 27.2. The molecular formula is C74H144O17P2. The van der Waals surface area contributed by atoms with E-state index in [2.05, 4.69) is 34.6 Å². The van der Waals surface area contributed by atoms with Gasteiger partial charge in [-0.1, -0.05) is 336 Å². The summed E-state index contributed by atoms with van der Waals surface area (Å²) in [5.74, 6) is -1.41. The van der Waals surface area contributed by atoms with Gasteiger partial charge in [0.1, 0.15) is 19.3 Å². The lowest BCUT2D eigenvalue weighted by Gasteiger charge is -2.21. The van der Waals surface area contributed by atoms with Gasteiger partial charge in [-0.05, 0) is 31.6 Å². The molecule has 0 aromatic heterocycles. The average Bonchev–Trinajstić information content (AvgIpc) is 3.26. The van der Waals surface area contributed by atoms with E-state index in [1.54, 1.807) is 0 Å². The SMILES string of the molecule is CCCCCCCCCCCCCCCCCCCCCCC(=O)O[C@H](COC(=O)CCCCCCCCCCCCCC)COP(=O)(O)OC[C@@H](O)COP(=O)(O)OC[C@@H](COC(=O)CCCCCCCCCC(C)C)OC(=O)CCCCCCCCCCCCC. The summed E-state index contributed by atoms with van der Waals surface area (Å²) >= 11 is 0. The zero-order chi connectivity index (χ0) is 68.4. The van der Waals surface area contributed by atoms with Crippen LogP contribution in [0.4, 0.5) is 0 Å². The molecule has 0 saturated carbocycles. The van der Waals surface area contributed by atoms with E-state index in [-0.39, 0.29) is 25.7 Å². The molecule has 0 aromatic rings. The average molecular weight is 1370 g/mol. The number of carbonyl (C=O) groups is 4. The van der Waals surface area contributed by atoms with E-state index in [0.717, 1.165) is 96.3 Å². The highest BCUT2D eigenvalue weighted by Crippen LogP contribution is 2.45. The van der Waals surface area contributed by atoms with Crippen molar-refractivity contribution in [3.05, 3.63) is 0 Å². The summed E-state index contributed by atoms with van der Waals surface area (Å²) in [6.45, 7) is 7.21. The number of unbranched alkanes of at least 4 members (excludes halogenated alkanes) is 46. The number of phosphoric ester groups is 2. The highest BCUT2D eigenvalue weighted by molar-refractivity contribution is 7.47. The van der Waals surface area contributed by atoms with E-state index < -0.39 is 97.5 Å². The third-order valence-corrected chi connectivity index (χ3v) is 19.2. The molecular weight excluding hydrogens is 1220 g/mol. The number of hydrogen-bond acceptors (Lipinski definition) is 15. The first kappa shape index (κ1) is 91.1. The van der Waals surface area contributed by atoms with E-state index in [9.17, 15) is 43.2 Å². The van der Waals surface area contributed by atoms with Crippen molar-refractivity contribution in [3.8, 4) is 0 Å². The molecule has 0 spiro atoms. The maximum absolute atomic E-state index is 13.1. The van der Waals surface area contributed by atoms with Crippen molar-refractivity contribution >= 4 is 39.5 Å². The number of ether oxygens (including phenoxy) is 4. The molecule has 0 aromatic carbocycles. The summed E-state index contributed by atoms with van der Waals surface area (Å²) in [6.07, 6.45) is 55.6. The Labute approximate surface area is 568 Å². The standard InChI is InChI=1S/C74H144O17P2/c1-6-9-12-15-18-21-24-26-27-28-29-30-31-32-33-36-39-44-50-55-60-74(79)90-69(63-84-71(76)57-52-47-42-37-35-25-22-19-16-13-10-7-2)65-88-92(80,81)86-61-68(75)62-87-93(82,83)89-66-70(64-85-72(77)58-53-48-45-40-41-46-51-56-67(4)5)91-73(78)59-54-49-43-38-34-23-20-17-14-11-8-3/h67-70,75H,6-66H2,1-5H3,(H,80,81)(H,82,83)/t68-,69-,70-/m1/s1. The Morgan fingerprint density at radius 2 is 0.495 bits per heavy atom. The molecule has 0 aliphatic carbocycles. The first-order chi connectivity index (χ1) is 45.0. The van der Waals surface area contributed by atoms with Gasteiger partial charge in [0.15, 0.2) is 12.2 Å². The Hall–Kier alpha value is -1.94. The Balaban J connectivity index is 5.19. The largest absolute Gasteiger partial charge is 0.472 e. The van der Waals surface area contributed by atoms with Gasteiger partial charge in [-0.15, -0.1) is 0 Å². The van der Waals surface area contributed by atoms with Gasteiger partial charge < -0.3 is 33.8 Å². The Morgan fingerprint density at radius 3 is 0.731 bits per heavy atom. The van der Waals surface area contributed by atoms with E-state index in [1.165, 1.54) is 205 Å². The Bertz CT molecular complexity index is 1790. The Kier molecular flexibility index (Phi) is 65.9. The molecule has 0 radical (unpaired) electrons. The summed E-state index contributed by atoms with van der Waals surface area (Å²) in [7, 11) is -9.90. The molecule has 17 nitrogen and oxygen atoms in total. The van der Waals surface area contributed by atoms with Gasteiger partial charge in [0.05, 0.1) is 26.4 Å². The number of rotatable bonds is 74. The van der Waals surface area contributed by atoms with Crippen LogP contribution in [0.15, 0.2) is 0 Å². The van der Waals surface area contributed by atoms with Crippen LogP contribution >= 0.6 is 15.6 Å². The predicted molar refractivity (Wildman–Crippen MR) is 377 cm³/mol. The van der Waals surface area contributed by atoms with Crippen molar-refractivity contribution in [2.45, 2.75) is 406 Å². The monoisotopic (exact) mass is 1370 g/mol. The third-order valence-electron chi connectivity index (χ3n) is 17.3. The van der Waals surface area contributed by atoms with Crippen molar-refractivity contribution in [2.24, 2.45) is 5.92 Å².